The maximum absolute atomic E-state index is 12.8. The van der Waals surface area contributed by atoms with Crippen LogP contribution in [0.1, 0.15) is 52.9 Å². The number of rotatable bonds is 5. The monoisotopic (exact) mass is 420 g/mol. The average molecular weight is 421 g/mol. The van der Waals surface area contributed by atoms with E-state index in [-0.39, 0.29) is 21.5 Å². The van der Waals surface area contributed by atoms with Crippen molar-refractivity contribution in [3.05, 3.63) is 63.7 Å². The number of amides is 1. The molecule has 7 heteroatoms. The first-order chi connectivity index (χ1) is 13.2. The van der Waals surface area contributed by atoms with Crippen LogP contribution in [0.3, 0.4) is 0 Å². The summed E-state index contributed by atoms with van der Waals surface area (Å²) in [5.41, 5.74) is 3.37. The molecule has 1 aliphatic heterocycles. The SMILES string of the molecule is Cc1ccc(C)c(C(C)NC(=O)c2cc(S(=O)(=O)N3CCCC3)ccc2Cl)c1. The molecule has 1 heterocycles. The Morgan fingerprint density at radius 1 is 1.11 bits per heavy atom. The molecule has 2 aromatic carbocycles. The van der Waals surface area contributed by atoms with Gasteiger partial charge in [0.05, 0.1) is 21.5 Å². The van der Waals surface area contributed by atoms with Crippen LogP contribution in [-0.4, -0.2) is 31.7 Å². The zero-order valence-electron chi connectivity index (χ0n) is 16.3. The van der Waals surface area contributed by atoms with E-state index in [0.717, 1.165) is 29.5 Å². The van der Waals surface area contributed by atoms with Crippen molar-refractivity contribution >= 4 is 27.5 Å². The van der Waals surface area contributed by atoms with Crippen molar-refractivity contribution in [3.8, 4) is 0 Å². The highest BCUT2D eigenvalue weighted by molar-refractivity contribution is 7.89. The molecule has 0 saturated carbocycles. The first-order valence-electron chi connectivity index (χ1n) is 9.38. The highest BCUT2D eigenvalue weighted by atomic mass is 35.5. The van der Waals surface area contributed by atoms with Crippen molar-refractivity contribution in [1.29, 1.82) is 0 Å². The minimum Gasteiger partial charge on any atom is -0.345 e. The second-order valence-electron chi connectivity index (χ2n) is 7.31. The molecule has 1 saturated heterocycles. The maximum atomic E-state index is 12.8. The van der Waals surface area contributed by atoms with E-state index in [1.807, 2.05) is 39.0 Å². The zero-order chi connectivity index (χ0) is 20.5. The van der Waals surface area contributed by atoms with Crippen molar-refractivity contribution < 1.29 is 13.2 Å². The van der Waals surface area contributed by atoms with Crippen molar-refractivity contribution in [2.75, 3.05) is 13.1 Å². The number of carbonyl (C=O) groups is 1. The average Bonchev–Trinajstić information content (AvgIpc) is 3.19. The minimum atomic E-state index is -3.61. The Morgan fingerprint density at radius 2 is 1.79 bits per heavy atom. The molecule has 1 N–H and O–H groups in total. The van der Waals surface area contributed by atoms with E-state index in [1.165, 1.54) is 22.5 Å². The third-order valence-corrected chi connectivity index (χ3v) is 7.36. The van der Waals surface area contributed by atoms with Crippen LogP contribution in [0.5, 0.6) is 0 Å². The summed E-state index contributed by atoms with van der Waals surface area (Å²) in [6.07, 6.45) is 1.71. The van der Waals surface area contributed by atoms with Gasteiger partial charge in [0.15, 0.2) is 0 Å². The number of hydrogen-bond donors (Lipinski definition) is 1. The van der Waals surface area contributed by atoms with E-state index in [1.54, 1.807) is 0 Å². The van der Waals surface area contributed by atoms with Gasteiger partial charge in [0.25, 0.3) is 5.91 Å². The van der Waals surface area contributed by atoms with Crippen LogP contribution in [0.2, 0.25) is 5.02 Å². The van der Waals surface area contributed by atoms with Gasteiger partial charge in [0.1, 0.15) is 0 Å². The molecule has 1 unspecified atom stereocenters. The van der Waals surface area contributed by atoms with E-state index in [4.69, 9.17) is 11.6 Å². The molecule has 150 valence electrons. The summed E-state index contributed by atoms with van der Waals surface area (Å²) < 4.78 is 27.1. The van der Waals surface area contributed by atoms with E-state index < -0.39 is 15.9 Å². The van der Waals surface area contributed by atoms with Crippen LogP contribution in [0.25, 0.3) is 0 Å². The molecular formula is C21H25ClN2O3S. The van der Waals surface area contributed by atoms with Crippen LogP contribution in [-0.2, 0) is 10.0 Å². The molecule has 1 atom stereocenters. The lowest BCUT2D eigenvalue weighted by Gasteiger charge is -2.19. The summed E-state index contributed by atoms with van der Waals surface area (Å²) in [6, 6.07) is 10.2. The molecule has 0 spiro atoms. The number of hydrogen-bond acceptors (Lipinski definition) is 3. The summed E-state index contributed by atoms with van der Waals surface area (Å²) in [5.74, 6) is -0.392. The first-order valence-corrected chi connectivity index (χ1v) is 11.2. The van der Waals surface area contributed by atoms with Crippen LogP contribution in [0.15, 0.2) is 41.3 Å². The Hall–Kier alpha value is -1.89. The number of nitrogens with zero attached hydrogens (tertiary/aromatic N) is 1. The smallest absolute Gasteiger partial charge is 0.253 e. The second-order valence-corrected chi connectivity index (χ2v) is 9.65. The molecule has 3 rings (SSSR count). The molecule has 0 aromatic heterocycles. The molecule has 28 heavy (non-hydrogen) atoms. The van der Waals surface area contributed by atoms with Crippen LogP contribution >= 0.6 is 11.6 Å². The summed E-state index contributed by atoms with van der Waals surface area (Å²) >= 11 is 6.22. The van der Waals surface area contributed by atoms with E-state index >= 15 is 0 Å². The Balaban J connectivity index is 1.86. The Morgan fingerprint density at radius 3 is 2.46 bits per heavy atom. The standard InChI is InChI=1S/C21H25ClN2O3S/c1-14-6-7-15(2)18(12-14)16(3)23-21(25)19-13-17(8-9-20(19)22)28(26,27)24-10-4-5-11-24/h6-9,12-13,16H,4-5,10-11H2,1-3H3,(H,23,25). The van der Waals surface area contributed by atoms with Gasteiger partial charge < -0.3 is 5.32 Å². The largest absolute Gasteiger partial charge is 0.345 e. The van der Waals surface area contributed by atoms with E-state index in [2.05, 4.69) is 5.32 Å². The third-order valence-electron chi connectivity index (χ3n) is 5.13. The van der Waals surface area contributed by atoms with Crippen molar-refractivity contribution in [1.82, 2.24) is 9.62 Å². The van der Waals surface area contributed by atoms with Crippen molar-refractivity contribution in [2.24, 2.45) is 0 Å². The Bertz CT molecular complexity index is 999. The zero-order valence-corrected chi connectivity index (χ0v) is 17.9. The lowest BCUT2D eigenvalue weighted by molar-refractivity contribution is 0.0939. The predicted molar refractivity (Wildman–Crippen MR) is 111 cm³/mol. The Kier molecular flexibility index (Phi) is 6.12. The lowest BCUT2D eigenvalue weighted by Crippen LogP contribution is -2.29. The molecule has 5 nitrogen and oxygen atoms in total. The maximum Gasteiger partial charge on any atom is 0.253 e. The summed E-state index contributed by atoms with van der Waals surface area (Å²) in [4.78, 5) is 12.9. The normalized spacial score (nSPS) is 16.1. The van der Waals surface area contributed by atoms with Gasteiger partial charge in [-0.1, -0.05) is 35.4 Å². The highest BCUT2D eigenvalue weighted by Gasteiger charge is 2.28. The van der Waals surface area contributed by atoms with Gasteiger partial charge in [-0.2, -0.15) is 4.31 Å². The fourth-order valence-corrected chi connectivity index (χ4v) is 5.24. The number of benzene rings is 2. The van der Waals surface area contributed by atoms with Crippen molar-refractivity contribution in [3.63, 3.8) is 0 Å². The van der Waals surface area contributed by atoms with E-state index in [9.17, 15) is 13.2 Å². The highest BCUT2D eigenvalue weighted by Crippen LogP contribution is 2.26. The number of sulfonamides is 1. The quantitative estimate of drug-likeness (QED) is 0.786. The first kappa shape index (κ1) is 20.8. The summed E-state index contributed by atoms with van der Waals surface area (Å²) in [6.45, 7) is 6.92. The topological polar surface area (TPSA) is 66.5 Å². The molecule has 1 amide bonds. The second kappa shape index (κ2) is 8.23. The molecule has 1 fully saturated rings. The molecular weight excluding hydrogens is 396 g/mol. The summed E-state index contributed by atoms with van der Waals surface area (Å²) in [7, 11) is -3.61. The number of aryl methyl sites for hydroxylation is 2. The van der Waals surface area contributed by atoms with Crippen molar-refractivity contribution in [2.45, 2.75) is 44.6 Å². The van der Waals surface area contributed by atoms with Gasteiger partial charge >= 0.3 is 0 Å². The van der Waals surface area contributed by atoms with Gasteiger partial charge in [-0.25, -0.2) is 8.42 Å². The molecule has 0 bridgehead atoms. The van der Waals surface area contributed by atoms with Gasteiger partial charge in [0, 0.05) is 13.1 Å². The molecule has 0 aliphatic carbocycles. The van der Waals surface area contributed by atoms with Gasteiger partial charge in [-0.15, -0.1) is 0 Å². The predicted octanol–water partition coefficient (Wildman–Crippen LogP) is 4.23. The van der Waals surface area contributed by atoms with Gasteiger partial charge in [-0.3, -0.25) is 4.79 Å². The fourth-order valence-electron chi connectivity index (χ4n) is 3.49. The summed E-state index contributed by atoms with van der Waals surface area (Å²) in [5, 5.41) is 3.17. The third kappa shape index (κ3) is 4.24. The number of halogens is 1. The van der Waals surface area contributed by atoms with Gasteiger partial charge in [-0.05, 0) is 62.9 Å². The minimum absolute atomic E-state index is 0.100. The Labute approximate surface area is 171 Å². The number of carbonyl (C=O) groups excluding carboxylic acids is 1. The fraction of sp³-hybridized carbons (Fsp3) is 0.381. The van der Waals surface area contributed by atoms with Gasteiger partial charge in [0.2, 0.25) is 10.0 Å². The van der Waals surface area contributed by atoms with Crippen LogP contribution in [0.4, 0.5) is 0 Å². The molecule has 2 aromatic rings. The molecule has 1 aliphatic rings. The van der Waals surface area contributed by atoms with Crippen LogP contribution < -0.4 is 5.32 Å². The van der Waals surface area contributed by atoms with Crippen LogP contribution in [0, 0.1) is 13.8 Å². The van der Waals surface area contributed by atoms with E-state index in [0.29, 0.717) is 13.1 Å². The lowest BCUT2D eigenvalue weighted by atomic mass is 10.00. The number of nitrogens with one attached hydrogen (secondary N) is 1. The molecule has 0 radical (unpaired) electrons.